The Labute approximate surface area is 240 Å². The normalized spacial score (nSPS) is 16.2. The van der Waals surface area contributed by atoms with Crippen LogP contribution < -0.4 is 10.1 Å². The number of methoxy groups -OCH3 is 1. The number of nitrogens with one attached hydrogen (secondary N) is 1. The molecule has 216 valence electrons. The maximum atomic E-state index is 13.6. The number of amides is 2. The molecular weight excluding hydrogens is 518 g/mol. The summed E-state index contributed by atoms with van der Waals surface area (Å²) in [4.78, 5) is 32.7. The number of hydrogen-bond donors (Lipinski definition) is 1. The van der Waals surface area contributed by atoms with Gasteiger partial charge in [-0.15, -0.1) is 0 Å². The van der Waals surface area contributed by atoms with Crippen LogP contribution in [0.3, 0.4) is 0 Å². The van der Waals surface area contributed by atoms with Gasteiger partial charge in [0.05, 0.1) is 29.4 Å². The highest BCUT2D eigenvalue weighted by atomic mass is 16.6. The molecule has 1 saturated carbocycles. The Hall–Kier alpha value is -4.01. The number of aromatic nitrogens is 3. The minimum absolute atomic E-state index is 0.0363. The lowest BCUT2D eigenvalue weighted by Crippen LogP contribution is -2.47. The Kier molecular flexibility index (Phi) is 6.71. The first-order chi connectivity index (χ1) is 19.5. The monoisotopic (exact) mass is 557 g/mol. The van der Waals surface area contributed by atoms with Crippen LogP contribution in [0.5, 0.6) is 5.75 Å². The highest BCUT2D eigenvalue weighted by molar-refractivity contribution is 6.01. The largest absolute Gasteiger partial charge is 0.495 e. The van der Waals surface area contributed by atoms with Gasteiger partial charge in [-0.05, 0) is 82.7 Å². The van der Waals surface area contributed by atoms with E-state index in [-0.39, 0.29) is 11.9 Å². The number of nitrogens with zero attached hydrogens (tertiary/aromatic N) is 4. The summed E-state index contributed by atoms with van der Waals surface area (Å²) < 4.78 is 15.6. The van der Waals surface area contributed by atoms with Crippen LogP contribution in [0.15, 0.2) is 36.4 Å². The summed E-state index contributed by atoms with van der Waals surface area (Å²) in [6.45, 7) is 9.31. The van der Waals surface area contributed by atoms with Gasteiger partial charge in [0.15, 0.2) is 5.82 Å². The molecule has 0 radical (unpaired) electrons. The molecule has 2 aliphatic rings. The molecule has 2 aromatic heterocycles. The van der Waals surface area contributed by atoms with E-state index in [1.165, 1.54) is 12.8 Å². The fourth-order valence-electron chi connectivity index (χ4n) is 5.89. The number of benzene rings is 2. The lowest BCUT2D eigenvalue weighted by molar-refractivity contribution is 0.0483. The predicted molar refractivity (Wildman–Crippen MR) is 159 cm³/mol. The number of rotatable bonds is 7. The van der Waals surface area contributed by atoms with Crippen LogP contribution in [0.25, 0.3) is 33.5 Å². The van der Waals surface area contributed by atoms with Crippen molar-refractivity contribution in [3.8, 4) is 17.3 Å². The van der Waals surface area contributed by atoms with Gasteiger partial charge >= 0.3 is 6.09 Å². The Morgan fingerprint density at radius 3 is 2.68 bits per heavy atom. The van der Waals surface area contributed by atoms with E-state index in [0.29, 0.717) is 24.6 Å². The zero-order valence-electron chi connectivity index (χ0n) is 24.8. The van der Waals surface area contributed by atoms with Crippen LogP contribution in [0.1, 0.15) is 56.5 Å². The van der Waals surface area contributed by atoms with Crippen molar-refractivity contribution in [1.82, 2.24) is 24.3 Å². The van der Waals surface area contributed by atoms with E-state index in [9.17, 15) is 9.59 Å². The number of alkyl carbamates (subject to hydrolysis) is 1. The Balaban J connectivity index is 1.31. The SMILES string of the molecule is COc1cccc2cc(-c3nc4cc5c(cc4n3C)CCN(C[C@@H](C)NC(=O)OC(C)(C)C)C5=O)n(CC3CC3)c12. The highest BCUT2D eigenvalue weighted by Crippen LogP contribution is 2.39. The summed E-state index contributed by atoms with van der Waals surface area (Å²) >= 11 is 0. The molecule has 9 heteroatoms. The van der Waals surface area contributed by atoms with Crippen LogP contribution in [0, 0.1) is 5.92 Å². The van der Waals surface area contributed by atoms with Gasteiger partial charge in [0.1, 0.15) is 11.4 Å². The van der Waals surface area contributed by atoms with Crippen molar-refractivity contribution in [1.29, 1.82) is 0 Å². The average Bonchev–Trinajstić information content (AvgIpc) is 3.58. The molecule has 1 aliphatic carbocycles. The molecule has 1 N–H and O–H groups in total. The van der Waals surface area contributed by atoms with E-state index in [2.05, 4.69) is 32.7 Å². The van der Waals surface area contributed by atoms with Crippen molar-refractivity contribution in [3.05, 3.63) is 47.5 Å². The van der Waals surface area contributed by atoms with Crippen molar-refractivity contribution >= 4 is 33.9 Å². The molecule has 9 nitrogen and oxygen atoms in total. The predicted octanol–water partition coefficient (Wildman–Crippen LogP) is 5.53. The molecule has 2 aromatic carbocycles. The molecule has 0 spiro atoms. The first-order valence-corrected chi connectivity index (χ1v) is 14.5. The lowest BCUT2D eigenvalue weighted by atomic mass is 9.97. The van der Waals surface area contributed by atoms with Crippen molar-refractivity contribution in [3.63, 3.8) is 0 Å². The number of fused-ring (bicyclic) bond motifs is 3. The van der Waals surface area contributed by atoms with Gasteiger partial charge in [-0.3, -0.25) is 4.79 Å². The number of carbonyl (C=O) groups excluding carboxylic acids is 2. The number of hydrogen-bond acceptors (Lipinski definition) is 5. The standard InChI is InChI=1S/C32H39N5O4/c1-19(33-31(39)41-32(2,3)4)17-36-13-12-21-14-25-24(16-23(21)30(36)38)34-29(35(25)5)26-15-22-8-7-9-27(40-6)28(22)37(26)18-20-10-11-20/h7-9,14-16,19-20H,10-13,17-18H2,1-6H3,(H,33,39)/t19-/m1/s1. The van der Waals surface area contributed by atoms with Crippen LogP contribution in [0.4, 0.5) is 4.79 Å². The smallest absolute Gasteiger partial charge is 0.407 e. The number of aryl methyl sites for hydroxylation is 1. The molecule has 3 heterocycles. The summed E-state index contributed by atoms with van der Waals surface area (Å²) in [6, 6.07) is 12.2. The molecule has 0 saturated heterocycles. The van der Waals surface area contributed by atoms with Crippen molar-refractivity contribution in [2.24, 2.45) is 13.0 Å². The third-order valence-electron chi connectivity index (χ3n) is 8.00. The van der Waals surface area contributed by atoms with Gasteiger partial charge < -0.3 is 28.8 Å². The van der Waals surface area contributed by atoms with Crippen molar-refractivity contribution in [2.45, 2.75) is 65.1 Å². The van der Waals surface area contributed by atoms with Crippen LogP contribution in [-0.2, 0) is 24.8 Å². The number of imidazole rings is 1. The Morgan fingerprint density at radius 2 is 1.98 bits per heavy atom. The maximum absolute atomic E-state index is 13.6. The lowest BCUT2D eigenvalue weighted by Gasteiger charge is -2.31. The molecular formula is C32H39N5O4. The summed E-state index contributed by atoms with van der Waals surface area (Å²) in [5, 5.41) is 3.98. The summed E-state index contributed by atoms with van der Waals surface area (Å²) in [6.07, 6.45) is 2.76. The van der Waals surface area contributed by atoms with Crippen LogP contribution in [0.2, 0.25) is 0 Å². The van der Waals surface area contributed by atoms with E-state index in [4.69, 9.17) is 14.5 Å². The Morgan fingerprint density at radius 1 is 1.20 bits per heavy atom. The minimum atomic E-state index is -0.574. The molecule has 6 rings (SSSR count). The van der Waals surface area contributed by atoms with Gasteiger partial charge in [-0.25, -0.2) is 9.78 Å². The van der Waals surface area contributed by atoms with Gasteiger partial charge in [0, 0.05) is 43.7 Å². The highest BCUT2D eigenvalue weighted by Gasteiger charge is 2.30. The molecule has 41 heavy (non-hydrogen) atoms. The van der Waals surface area contributed by atoms with E-state index < -0.39 is 11.7 Å². The van der Waals surface area contributed by atoms with Gasteiger partial charge in [0.2, 0.25) is 0 Å². The second-order valence-corrected chi connectivity index (χ2v) is 12.5. The molecule has 1 fully saturated rings. The van der Waals surface area contributed by atoms with E-state index >= 15 is 0 Å². The second kappa shape index (κ2) is 10.1. The summed E-state index contributed by atoms with van der Waals surface area (Å²) in [5.74, 6) is 2.38. The molecule has 1 aliphatic heterocycles. The molecule has 2 amide bonds. The van der Waals surface area contributed by atoms with Crippen LogP contribution in [-0.4, -0.2) is 62.9 Å². The number of para-hydroxylation sites is 1. The third-order valence-corrected chi connectivity index (χ3v) is 8.00. The summed E-state index contributed by atoms with van der Waals surface area (Å²) in [5.41, 5.74) is 5.10. The number of carbonyl (C=O) groups is 2. The third kappa shape index (κ3) is 5.25. The fourth-order valence-corrected chi connectivity index (χ4v) is 5.89. The van der Waals surface area contributed by atoms with E-state index in [1.54, 1.807) is 12.0 Å². The molecule has 0 unspecified atom stereocenters. The van der Waals surface area contributed by atoms with Crippen molar-refractivity contribution in [2.75, 3.05) is 20.2 Å². The first kappa shape index (κ1) is 27.2. The maximum Gasteiger partial charge on any atom is 0.407 e. The quantitative estimate of drug-likeness (QED) is 0.323. The molecule has 4 aromatic rings. The molecule has 0 bridgehead atoms. The topological polar surface area (TPSA) is 90.6 Å². The first-order valence-electron chi connectivity index (χ1n) is 14.5. The van der Waals surface area contributed by atoms with Gasteiger partial charge in [0.25, 0.3) is 5.91 Å². The van der Waals surface area contributed by atoms with E-state index in [1.807, 2.05) is 52.9 Å². The Bertz CT molecular complexity index is 1660. The number of ether oxygens (including phenoxy) is 2. The summed E-state index contributed by atoms with van der Waals surface area (Å²) in [7, 11) is 3.77. The van der Waals surface area contributed by atoms with Crippen LogP contribution >= 0.6 is 0 Å². The average molecular weight is 558 g/mol. The van der Waals surface area contributed by atoms with Gasteiger partial charge in [-0.2, -0.15) is 0 Å². The zero-order chi connectivity index (χ0) is 29.1. The minimum Gasteiger partial charge on any atom is -0.495 e. The van der Waals surface area contributed by atoms with Crippen molar-refractivity contribution < 1.29 is 19.1 Å². The zero-order valence-corrected chi connectivity index (χ0v) is 24.8. The van der Waals surface area contributed by atoms with E-state index in [0.717, 1.165) is 57.7 Å². The molecule has 1 atom stereocenters. The second-order valence-electron chi connectivity index (χ2n) is 12.5. The van der Waals surface area contributed by atoms with Gasteiger partial charge in [-0.1, -0.05) is 12.1 Å². The fraction of sp³-hybridized carbons (Fsp3) is 0.469.